The van der Waals surface area contributed by atoms with Crippen molar-refractivity contribution in [2.45, 2.75) is 76.9 Å². The van der Waals surface area contributed by atoms with Gasteiger partial charge in [-0.1, -0.05) is 12.8 Å². The first-order valence-corrected chi connectivity index (χ1v) is 12.4. The molecule has 0 bridgehead atoms. The molecule has 3 aromatic rings. The molecule has 2 aromatic heterocycles. The van der Waals surface area contributed by atoms with Crippen LogP contribution in [0.5, 0.6) is 0 Å². The fourth-order valence-corrected chi connectivity index (χ4v) is 4.55. The second kappa shape index (κ2) is 10.7. The van der Waals surface area contributed by atoms with Gasteiger partial charge in [0.2, 0.25) is 11.7 Å². The highest BCUT2D eigenvalue weighted by atomic mass is 19.1. The van der Waals surface area contributed by atoms with E-state index < -0.39 is 23.1 Å². The third-order valence-electron chi connectivity index (χ3n) is 6.24. The van der Waals surface area contributed by atoms with Gasteiger partial charge in [-0.05, 0) is 64.3 Å². The van der Waals surface area contributed by atoms with E-state index in [9.17, 15) is 18.8 Å². The Labute approximate surface area is 214 Å². The zero-order valence-electron chi connectivity index (χ0n) is 21.3. The van der Waals surface area contributed by atoms with Gasteiger partial charge < -0.3 is 14.5 Å². The summed E-state index contributed by atoms with van der Waals surface area (Å²) in [4.78, 5) is 46.4. The van der Waals surface area contributed by atoms with Crippen LogP contribution in [0.3, 0.4) is 0 Å². The predicted octanol–water partition coefficient (Wildman–Crippen LogP) is 5.40. The van der Waals surface area contributed by atoms with Crippen LogP contribution in [0.2, 0.25) is 0 Å². The van der Waals surface area contributed by atoms with Gasteiger partial charge in [-0.15, -0.1) is 0 Å². The van der Waals surface area contributed by atoms with Gasteiger partial charge in [0.15, 0.2) is 0 Å². The maximum absolute atomic E-state index is 13.6. The number of ketones is 1. The summed E-state index contributed by atoms with van der Waals surface area (Å²) in [5.74, 6) is -0.192. The largest absolute Gasteiger partial charge is 0.443 e. The predicted molar refractivity (Wildman–Crippen MR) is 132 cm³/mol. The van der Waals surface area contributed by atoms with Crippen molar-refractivity contribution in [2.75, 3.05) is 0 Å². The Kier molecular flexibility index (Phi) is 7.56. The van der Waals surface area contributed by atoms with Crippen LogP contribution in [0.4, 0.5) is 9.18 Å². The lowest BCUT2D eigenvalue weighted by atomic mass is 9.89. The van der Waals surface area contributed by atoms with Crippen molar-refractivity contribution in [1.82, 2.24) is 19.9 Å². The number of hydrogen-bond acceptors (Lipinski definition) is 7. The van der Waals surface area contributed by atoms with Crippen LogP contribution in [0.1, 0.15) is 82.2 Å². The third kappa shape index (κ3) is 6.12. The molecule has 1 aliphatic heterocycles. The van der Waals surface area contributed by atoms with Crippen molar-refractivity contribution >= 4 is 17.8 Å². The highest BCUT2D eigenvalue weighted by Crippen LogP contribution is 2.38. The minimum absolute atomic E-state index is 0.104. The van der Waals surface area contributed by atoms with E-state index in [4.69, 9.17) is 9.15 Å². The molecule has 10 heteroatoms. The first kappa shape index (κ1) is 26.2. The van der Waals surface area contributed by atoms with E-state index in [2.05, 4.69) is 15.3 Å². The van der Waals surface area contributed by atoms with Gasteiger partial charge in [-0.3, -0.25) is 9.59 Å². The number of aromatic nitrogens is 3. The van der Waals surface area contributed by atoms with E-state index >= 15 is 0 Å². The van der Waals surface area contributed by atoms with Crippen molar-refractivity contribution < 1.29 is 27.9 Å². The second-order valence-corrected chi connectivity index (χ2v) is 10.2. The molecule has 3 heterocycles. The summed E-state index contributed by atoms with van der Waals surface area (Å²) in [6, 6.07) is 5.77. The smallest absolute Gasteiger partial charge is 0.420 e. The summed E-state index contributed by atoms with van der Waals surface area (Å²) in [5, 5.41) is 3.06. The molecule has 1 unspecified atom stereocenters. The van der Waals surface area contributed by atoms with E-state index in [1.165, 1.54) is 29.2 Å². The number of Topliss-reactive ketones (excluding diaryl/α,β-unsaturated/α-hetero) is 1. The first-order valence-electron chi connectivity index (χ1n) is 12.4. The Morgan fingerprint density at radius 3 is 2.54 bits per heavy atom. The summed E-state index contributed by atoms with van der Waals surface area (Å²) < 4.78 is 25.7. The molecule has 1 atom stereocenters. The van der Waals surface area contributed by atoms with Gasteiger partial charge in [-0.25, -0.2) is 23.7 Å². The fourth-order valence-electron chi connectivity index (χ4n) is 4.55. The Morgan fingerprint density at radius 1 is 1.16 bits per heavy atom. The maximum atomic E-state index is 13.6. The summed E-state index contributed by atoms with van der Waals surface area (Å²) in [6.07, 6.45) is 7.36. The van der Waals surface area contributed by atoms with Crippen LogP contribution < -0.4 is 5.32 Å². The van der Waals surface area contributed by atoms with Crippen LogP contribution in [0.25, 0.3) is 11.3 Å². The Bertz CT molecular complexity index is 1260. The molecule has 196 valence electrons. The van der Waals surface area contributed by atoms with Crippen LogP contribution in [0, 0.1) is 5.82 Å². The summed E-state index contributed by atoms with van der Waals surface area (Å²) in [5.41, 5.74) is -0.601. The number of oxazole rings is 1. The SMILES string of the molecule is CC(C)(C)OC(=O)n1c(-c2ccc(F)cc2)cnc1C1(CCCCCC(=O)c2ncco2)CCC(=O)N1. The third-order valence-corrected chi connectivity index (χ3v) is 6.24. The van der Waals surface area contributed by atoms with Gasteiger partial charge in [0.25, 0.3) is 5.89 Å². The highest BCUT2D eigenvalue weighted by Gasteiger charge is 2.44. The van der Waals surface area contributed by atoms with Gasteiger partial charge >= 0.3 is 6.09 Å². The van der Waals surface area contributed by atoms with E-state index in [1.54, 1.807) is 39.1 Å². The van der Waals surface area contributed by atoms with Gasteiger partial charge in [0, 0.05) is 18.4 Å². The van der Waals surface area contributed by atoms with Crippen molar-refractivity contribution in [2.24, 2.45) is 0 Å². The molecule has 0 radical (unpaired) electrons. The van der Waals surface area contributed by atoms with Gasteiger partial charge in [-0.2, -0.15) is 0 Å². The lowest BCUT2D eigenvalue weighted by Gasteiger charge is -2.30. The van der Waals surface area contributed by atoms with Gasteiger partial charge in [0.1, 0.15) is 23.5 Å². The Morgan fingerprint density at radius 2 is 1.92 bits per heavy atom. The number of imidazole rings is 1. The molecule has 4 rings (SSSR count). The number of unbranched alkanes of at least 4 members (excludes halogenated alkanes) is 2. The summed E-state index contributed by atoms with van der Waals surface area (Å²) >= 11 is 0. The molecule has 1 aliphatic rings. The zero-order valence-corrected chi connectivity index (χ0v) is 21.3. The minimum atomic E-state index is -0.876. The number of rotatable bonds is 9. The molecule has 1 N–H and O–H groups in total. The number of nitrogens with one attached hydrogen (secondary N) is 1. The topological polar surface area (TPSA) is 116 Å². The molecule has 0 aliphatic carbocycles. The first-order chi connectivity index (χ1) is 17.6. The number of ether oxygens (including phenoxy) is 1. The maximum Gasteiger partial charge on any atom is 0.420 e. The van der Waals surface area contributed by atoms with Gasteiger partial charge in [0.05, 0.1) is 23.6 Å². The molecule has 1 aromatic carbocycles. The number of carbonyl (C=O) groups is 3. The van der Waals surface area contributed by atoms with Crippen molar-refractivity contribution in [3.63, 3.8) is 0 Å². The molecule has 37 heavy (non-hydrogen) atoms. The molecular formula is C27H31FN4O5. The lowest BCUT2D eigenvalue weighted by molar-refractivity contribution is -0.120. The van der Waals surface area contributed by atoms with Crippen LogP contribution in [-0.2, 0) is 15.1 Å². The number of nitrogens with zero attached hydrogens (tertiary/aromatic N) is 3. The highest BCUT2D eigenvalue weighted by molar-refractivity contribution is 5.91. The summed E-state index contributed by atoms with van der Waals surface area (Å²) in [7, 11) is 0. The molecular weight excluding hydrogens is 479 g/mol. The minimum Gasteiger partial charge on any atom is -0.443 e. The van der Waals surface area contributed by atoms with Crippen LogP contribution in [-0.4, -0.2) is 37.9 Å². The average Bonchev–Trinajstić information content (AvgIpc) is 3.58. The van der Waals surface area contributed by atoms with E-state index in [1.807, 2.05) is 0 Å². The average molecular weight is 511 g/mol. The summed E-state index contributed by atoms with van der Waals surface area (Å²) in [6.45, 7) is 5.31. The standard InChI is InChI=1S/C27H31FN4O5/c1-26(2,3)37-25(35)32-20(18-8-10-19(28)11-9-18)17-30-24(32)27(14-12-22(34)31-27)13-6-4-5-7-21(33)23-29-15-16-36-23/h8-11,15-17H,4-7,12-14H2,1-3H3,(H,31,34). The number of benzene rings is 1. The lowest BCUT2D eigenvalue weighted by Crippen LogP contribution is -2.43. The molecule has 1 amide bonds. The van der Waals surface area contributed by atoms with Crippen molar-refractivity contribution in [1.29, 1.82) is 0 Å². The van der Waals surface area contributed by atoms with E-state index in [-0.39, 0.29) is 17.6 Å². The molecule has 9 nitrogen and oxygen atoms in total. The van der Waals surface area contributed by atoms with Crippen LogP contribution >= 0.6 is 0 Å². The molecule has 1 saturated heterocycles. The number of halogens is 1. The molecule has 0 saturated carbocycles. The number of carbonyl (C=O) groups excluding carboxylic acids is 3. The number of amides is 1. The quantitative estimate of drug-likeness (QED) is 0.303. The molecule has 0 spiro atoms. The van der Waals surface area contributed by atoms with E-state index in [0.717, 1.165) is 6.42 Å². The normalized spacial score (nSPS) is 17.6. The number of hydrogen-bond donors (Lipinski definition) is 1. The van der Waals surface area contributed by atoms with Crippen LogP contribution in [0.15, 0.2) is 47.3 Å². The second-order valence-electron chi connectivity index (χ2n) is 10.2. The zero-order chi connectivity index (χ0) is 26.6. The Hall–Kier alpha value is -3.82. The van der Waals surface area contributed by atoms with E-state index in [0.29, 0.717) is 55.6 Å². The van der Waals surface area contributed by atoms with Crippen molar-refractivity contribution in [3.05, 3.63) is 60.5 Å². The fraction of sp³-hybridized carbons (Fsp3) is 0.444. The monoisotopic (exact) mass is 510 g/mol. The molecule has 1 fully saturated rings. The van der Waals surface area contributed by atoms with Crippen molar-refractivity contribution in [3.8, 4) is 11.3 Å². The Balaban J connectivity index is 1.58.